The summed E-state index contributed by atoms with van der Waals surface area (Å²) in [4.78, 5) is 40.9. The quantitative estimate of drug-likeness (QED) is 0.504. The van der Waals surface area contributed by atoms with Crippen LogP contribution in [0.2, 0.25) is 0 Å². The average Bonchev–Trinajstić information content (AvgIpc) is 2.28. The number of carbonyl (C=O) groups is 4. The van der Waals surface area contributed by atoms with Gasteiger partial charge in [-0.2, -0.15) is 0 Å². The van der Waals surface area contributed by atoms with Gasteiger partial charge in [0.05, 0.1) is 0 Å². The van der Waals surface area contributed by atoms with Crippen molar-refractivity contribution in [1.82, 2.24) is 0 Å². The molecule has 0 bridgehead atoms. The molecular weight excluding hydrogens is 272 g/mol. The maximum Gasteiger partial charge on any atom is 0.308 e. The molecule has 0 heterocycles. The minimum atomic E-state index is -0.956. The summed E-state index contributed by atoms with van der Waals surface area (Å²) in [7, 11) is 0. The van der Waals surface area contributed by atoms with Crippen molar-refractivity contribution in [3.8, 4) is 0 Å². The molecule has 8 nitrogen and oxygen atoms in total. The van der Waals surface area contributed by atoms with Gasteiger partial charge in [-0.1, -0.05) is 6.92 Å². The molecule has 0 atom stereocenters. The summed E-state index contributed by atoms with van der Waals surface area (Å²) in [6.45, 7) is 2.52. The monoisotopic (exact) mass is 292 g/mol. The van der Waals surface area contributed by atoms with Gasteiger partial charge in [0.15, 0.2) is 0 Å². The van der Waals surface area contributed by atoms with Crippen molar-refractivity contribution in [1.29, 1.82) is 0 Å². The van der Waals surface area contributed by atoms with E-state index < -0.39 is 30.7 Å². The van der Waals surface area contributed by atoms with Crippen molar-refractivity contribution >= 4 is 23.9 Å². The topological polar surface area (TPSA) is 127 Å². The van der Waals surface area contributed by atoms with Gasteiger partial charge < -0.3 is 19.7 Å². The Morgan fingerprint density at radius 3 is 1.75 bits per heavy atom. The Hall–Kier alpha value is -2.12. The standard InChI is InChI=1S/C10H16O6.C2H4O2/c1-2-4-9(13)15-7-16-10(14)6-3-5-8(11)12;1-2(3)4/h2-7H2,1H3,(H,11,12);1H3,(H,3,4). The molecule has 8 heteroatoms. The second kappa shape index (κ2) is 13.3. The molecular formula is C12H20O8. The fourth-order valence-electron chi connectivity index (χ4n) is 0.893. The summed E-state index contributed by atoms with van der Waals surface area (Å²) < 4.78 is 9.15. The molecule has 0 amide bonds. The average molecular weight is 292 g/mol. The molecule has 0 spiro atoms. The number of ether oxygens (including phenoxy) is 2. The number of carbonyl (C=O) groups excluding carboxylic acids is 2. The van der Waals surface area contributed by atoms with Gasteiger partial charge in [-0.05, 0) is 12.8 Å². The van der Waals surface area contributed by atoms with Crippen molar-refractivity contribution in [2.75, 3.05) is 6.79 Å². The minimum Gasteiger partial charge on any atom is -0.481 e. The van der Waals surface area contributed by atoms with Gasteiger partial charge in [0.25, 0.3) is 5.97 Å². The highest BCUT2D eigenvalue weighted by molar-refractivity contribution is 5.72. The van der Waals surface area contributed by atoms with Crippen LogP contribution in [0.1, 0.15) is 46.0 Å². The lowest BCUT2D eigenvalue weighted by atomic mass is 10.2. The van der Waals surface area contributed by atoms with E-state index in [0.717, 1.165) is 6.92 Å². The number of esters is 2. The molecule has 20 heavy (non-hydrogen) atoms. The van der Waals surface area contributed by atoms with Crippen LogP contribution in [-0.2, 0) is 28.7 Å². The number of rotatable bonds is 8. The van der Waals surface area contributed by atoms with Gasteiger partial charge in [0.1, 0.15) is 0 Å². The molecule has 0 fully saturated rings. The van der Waals surface area contributed by atoms with Crippen LogP contribution in [0.3, 0.4) is 0 Å². The zero-order valence-electron chi connectivity index (χ0n) is 11.6. The van der Waals surface area contributed by atoms with Crippen molar-refractivity contribution in [2.24, 2.45) is 0 Å². The normalized spacial score (nSPS) is 8.90. The van der Waals surface area contributed by atoms with Crippen LogP contribution in [0.5, 0.6) is 0 Å². The molecule has 0 saturated heterocycles. The molecule has 0 rings (SSSR count). The zero-order chi connectivity index (χ0) is 16.0. The van der Waals surface area contributed by atoms with Gasteiger partial charge in [0, 0.05) is 26.2 Å². The van der Waals surface area contributed by atoms with E-state index in [9.17, 15) is 14.4 Å². The van der Waals surface area contributed by atoms with Crippen LogP contribution in [0.15, 0.2) is 0 Å². The van der Waals surface area contributed by atoms with Crippen molar-refractivity contribution < 1.29 is 38.9 Å². The summed E-state index contributed by atoms with van der Waals surface area (Å²) in [6.07, 6.45) is 1.11. The molecule has 0 aliphatic rings. The highest BCUT2D eigenvalue weighted by atomic mass is 16.7. The predicted molar refractivity (Wildman–Crippen MR) is 66.8 cm³/mol. The Morgan fingerprint density at radius 1 is 0.900 bits per heavy atom. The summed E-state index contributed by atoms with van der Waals surface area (Å²) in [5, 5.41) is 15.7. The van der Waals surface area contributed by atoms with E-state index in [-0.39, 0.29) is 25.7 Å². The lowest BCUT2D eigenvalue weighted by molar-refractivity contribution is -0.167. The maximum absolute atomic E-state index is 11.0. The van der Waals surface area contributed by atoms with E-state index in [1.807, 2.05) is 6.92 Å². The van der Waals surface area contributed by atoms with Crippen molar-refractivity contribution in [2.45, 2.75) is 46.0 Å². The fraction of sp³-hybridized carbons (Fsp3) is 0.667. The van der Waals surface area contributed by atoms with E-state index >= 15 is 0 Å². The largest absolute Gasteiger partial charge is 0.481 e. The van der Waals surface area contributed by atoms with Crippen LogP contribution < -0.4 is 0 Å². The van der Waals surface area contributed by atoms with Gasteiger partial charge in [-0.3, -0.25) is 19.2 Å². The summed E-state index contributed by atoms with van der Waals surface area (Å²) in [6, 6.07) is 0. The Balaban J connectivity index is 0. The first-order valence-corrected chi connectivity index (χ1v) is 6.02. The molecule has 0 aromatic rings. The number of carboxylic acids is 2. The van der Waals surface area contributed by atoms with Crippen molar-refractivity contribution in [3.63, 3.8) is 0 Å². The lowest BCUT2D eigenvalue weighted by Gasteiger charge is -2.05. The fourth-order valence-corrected chi connectivity index (χ4v) is 0.893. The Kier molecular flexibility index (Phi) is 13.4. The Labute approximate surface area is 116 Å². The maximum atomic E-state index is 11.0. The molecule has 0 saturated carbocycles. The molecule has 0 unspecified atom stereocenters. The number of carboxylic acid groups (broad SMARTS) is 2. The van der Waals surface area contributed by atoms with Crippen LogP contribution in [-0.4, -0.2) is 40.9 Å². The van der Waals surface area contributed by atoms with Crippen LogP contribution in [0.25, 0.3) is 0 Å². The predicted octanol–water partition coefficient (Wildman–Crippen LogP) is 1.18. The van der Waals surface area contributed by atoms with E-state index in [4.69, 9.17) is 15.0 Å². The molecule has 0 aromatic heterocycles. The number of hydrogen-bond acceptors (Lipinski definition) is 6. The highest BCUT2D eigenvalue weighted by Crippen LogP contribution is 1.98. The Bertz CT molecular complexity index is 319. The van der Waals surface area contributed by atoms with E-state index in [1.54, 1.807) is 0 Å². The van der Waals surface area contributed by atoms with Crippen LogP contribution in [0, 0.1) is 0 Å². The molecule has 0 aromatic carbocycles. The first kappa shape index (κ1) is 20.2. The lowest BCUT2D eigenvalue weighted by Crippen LogP contribution is -2.12. The number of aliphatic carboxylic acids is 2. The third-order valence-electron chi connectivity index (χ3n) is 1.67. The zero-order valence-corrected chi connectivity index (χ0v) is 11.6. The van der Waals surface area contributed by atoms with E-state index in [2.05, 4.69) is 9.47 Å². The van der Waals surface area contributed by atoms with Crippen molar-refractivity contribution in [3.05, 3.63) is 0 Å². The third kappa shape index (κ3) is 21.2. The van der Waals surface area contributed by atoms with Gasteiger partial charge in [0.2, 0.25) is 6.79 Å². The van der Waals surface area contributed by atoms with Crippen LogP contribution in [0.4, 0.5) is 0 Å². The second-order valence-corrected chi connectivity index (χ2v) is 3.67. The summed E-state index contributed by atoms with van der Waals surface area (Å²) in [5.41, 5.74) is 0. The number of hydrogen-bond donors (Lipinski definition) is 2. The minimum absolute atomic E-state index is 0.0115. The second-order valence-electron chi connectivity index (χ2n) is 3.67. The molecule has 0 aliphatic heterocycles. The van der Waals surface area contributed by atoms with Crippen LogP contribution >= 0.6 is 0 Å². The van der Waals surface area contributed by atoms with E-state index in [0.29, 0.717) is 6.42 Å². The Morgan fingerprint density at radius 2 is 1.35 bits per heavy atom. The molecule has 0 aliphatic carbocycles. The SMILES string of the molecule is CC(=O)O.CCCC(=O)OCOC(=O)CCCC(=O)O. The molecule has 116 valence electrons. The first-order chi connectivity index (χ1) is 9.29. The third-order valence-corrected chi connectivity index (χ3v) is 1.67. The smallest absolute Gasteiger partial charge is 0.308 e. The summed E-state index contributed by atoms with van der Waals surface area (Å²) in [5.74, 6) is -2.77. The van der Waals surface area contributed by atoms with Gasteiger partial charge >= 0.3 is 17.9 Å². The van der Waals surface area contributed by atoms with Gasteiger partial charge in [-0.25, -0.2) is 0 Å². The highest BCUT2D eigenvalue weighted by Gasteiger charge is 2.06. The molecule has 0 radical (unpaired) electrons. The molecule has 2 N–H and O–H groups in total. The summed E-state index contributed by atoms with van der Waals surface area (Å²) >= 11 is 0. The van der Waals surface area contributed by atoms with E-state index in [1.165, 1.54) is 0 Å². The first-order valence-electron chi connectivity index (χ1n) is 6.02. The van der Waals surface area contributed by atoms with Gasteiger partial charge in [-0.15, -0.1) is 0 Å².